The van der Waals surface area contributed by atoms with E-state index in [0.717, 1.165) is 31.6 Å². The molecular weight excluding hydrogens is 358 g/mol. The van der Waals surface area contributed by atoms with Gasteiger partial charge in [-0.2, -0.15) is 0 Å². The number of fused-ring (bicyclic) bond motifs is 1. The zero-order valence-electron chi connectivity index (χ0n) is 16.8. The molecule has 2 aliphatic rings. The van der Waals surface area contributed by atoms with Crippen LogP contribution in [0.5, 0.6) is 0 Å². The molecule has 28 heavy (non-hydrogen) atoms. The summed E-state index contributed by atoms with van der Waals surface area (Å²) in [6.07, 6.45) is 1.68. The predicted molar refractivity (Wildman–Crippen MR) is 108 cm³/mol. The number of carbonyl (C=O) groups is 3. The Hall–Kier alpha value is -2.61. The van der Waals surface area contributed by atoms with Crippen LogP contribution in [0.2, 0.25) is 0 Å². The first-order valence-corrected chi connectivity index (χ1v) is 9.87. The van der Waals surface area contributed by atoms with E-state index in [1.165, 1.54) is 4.90 Å². The molecule has 2 saturated heterocycles. The van der Waals surface area contributed by atoms with Crippen LogP contribution in [0.25, 0.3) is 0 Å². The molecule has 0 bridgehead atoms. The van der Waals surface area contributed by atoms with Crippen LogP contribution in [0.3, 0.4) is 0 Å². The minimum absolute atomic E-state index is 0.00403. The van der Waals surface area contributed by atoms with Gasteiger partial charge in [0.15, 0.2) is 0 Å². The van der Waals surface area contributed by atoms with Gasteiger partial charge in [-0.15, -0.1) is 0 Å². The Morgan fingerprint density at radius 3 is 2.39 bits per heavy atom. The van der Waals surface area contributed by atoms with Crippen molar-refractivity contribution >= 4 is 29.2 Å². The Balaban J connectivity index is 1.77. The molecule has 0 aromatic heterocycles. The van der Waals surface area contributed by atoms with Gasteiger partial charge in [0.2, 0.25) is 11.8 Å². The summed E-state index contributed by atoms with van der Waals surface area (Å²) in [7, 11) is 1.74. The second-order valence-electron chi connectivity index (χ2n) is 7.33. The van der Waals surface area contributed by atoms with Gasteiger partial charge in [-0.05, 0) is 50.2 Å². The number of amides is 4. The van der Waals surface area contributed by atoms with E-state index < -0.39 is 11.9 Å². The molecule has 8 heteroatoms. The average Bonchev–Trinajstić information content (AvgIpc) is 3.27. The van der Waals surface area contributed by atoms with Crippen LogP contribution < -0.4 is 15.5 Å². The quantitative estimate of drug-likeness (QED) is 0.762. The number of nitrogens with zero attached hydrogens (tertiary/aromatic N) is 4. The van der Waals surface area contributed by atoms with Crippen molar-refractivity contribution in [1.82, 2.24) is 9.80 Å². The van der Waals surface area contributed by atoms with E-state index in [4.69, 9.17) is 5.73 Å². The molecule has 2 atom stereocenters. The Morgan fingerprint density at radius 1 is 1.18 bits per heavy atom. The van der Waals surface area contributed by atoms with Crippen molar-refractivity contribution in [2.45, 2.75) is 38.8 Å². The van der Waals surface area contributed by atoms with Crippen molar-refractivity contribution in [3.8, 4) is 0 Å². The highest BCUT2D eigenvalue weighted by Gasteiger charge is 2.51. The molecule has 2 heterocycles. The van der Waals surface area contributed by atoms with E-state index in [-0.39, 0.29) is 18.0 Å². The fourth-order valence-electron chi connectivity index (χ4n) is 4.10. The van der Waals surface area contributed by atoms with Crippen molar-refractivity contribution in [2.24, 2.45) is 5.73 Å². The van der Waals surface area contributed by atoms with Gasteiger partial charge in [0.25, 0.3) is 0 Å². The summed E-state index contributed by atoms with van der Waals surface area (Å²) in [5.41, 5.74) is 6.98. The normalized spacial score (nSPS) is 21.4. The van der Waals surface area contributed by atoms with Crippen LogP contribution in [0.15, 0.2) is 24.3 Å². The molecule has 2 fully saturated rings. The summed E-state index contributed by atoms with van der Waals surface area (Å²) in [4.78, 5) is 44.2. The van der Waals surface area contributed by atoms with E-state index in [1.807, 2.05) is 13.8 Å². The fourth-order valence-corrected chi connectivity index (χ4v) is 4.10. The minimum atomic E-state index is -0.650. The molecule has 1 aromatic carbocycles. The lowest BCUT2D eigenvalue weighted by Crippen LogP contribution is -2.46. The van der Waals surface area contributed by atoms with Crippen LogP contribution in [-0.4, -0.2) is 73.0 Å². The minimum Gasteiger partial charge on any atom is -0.368 e. The van der Waals surface area contributed by atoms with Crippen LogP contribution in [0.1, 0.15) is 26.7 Å². The number of likely N-dealkylation sites (N-methyl/N-ethyl adjacent to an activating group) is 2. The van der Waals surface area contributed by atoms with Gasteiger partial charge in [0, 0.05) is 25.0 Å². The Labute approximate surface area is 165 Å². The lowest BCUT2D eigenvalue weighted by molar-refractivity contribution is -0.120. The van der Waals surface area contributed by atoms with E-state index in [1.54, 1.807) is 41.1 Å². The topological polar surface area (TPSA) is 90.2 Å². The number of benzene rings is 1. The first-order chi connectivity index (χ1) is 13.4. The molecule has 0 aliphatic carbocycles. The summed E-state index contributed by atoms with van der Waals surface area (Å²) in [5.74, 6) is -0.484. The van der Waals surface area contributed by atoms with Crippen molar-refractivity contribution in [1.29, 1.82) is 0 Å². The van der Waals surface area contributed by atoms with E-state index >= 15 is 0 Å². The second-order valence-corrected chi connectivity index (χ2v) is 7.33. The first kappa shape index (κ1) is 20.1. The van der Waals surface area contributed by atoms with Gasteiger partial charge >= 0.3 is 6.03 Å². The number of carbonyl (C=O) groups excluding carboxylic acids is 3. The summed E-state index contributed by atoms with van der Waals surface area (Å²) in [6, 6.07) is 6.16. The fraction of sp³-hybridized carbons (Fsp3) is 0.550. The smallest absolute Gasteiger partial charge is 0.325 e. The standard InChI is InChI=1S/C20H29N5O3/c1-4-23(5-2)13-17(26)22(3)14-8-10-15(11-9-14)25-18(19(21)27)16-7-6-12-24(16)20(25)28/h8-11,16,18H,4-7,12-13H2,1-3H3,(H2,21,27)/t16-,18?/m1/s1. The molecule has 8 nitrogen and oxygen atoms in total. The van der Waals surface area contributed by atoms with Gasteiger partial charge in [-0.3, -0.25) is 19.4 Å². The maximum absolute atomic E-state index is 12.8. The lowest BCUT2D eigenvalue weighted by Gasteiger charge is -2.25. The zero-order valence-corrected chi connectivity index (χ0v) is 16.8. The highest BCUT2D eigenvalue weighted by atomic mass is 16.2. The van der Waals surface area contributed by atoms with E-state index in [0.29, 0.717) is 18.8 Å². The summed E-state index contributed by atoms with van der Waals surface area (Å²) in [5, 5.41) is 0. The monoisotopic (exact) mass is 387 g/mol. The Bertz CT molecular complexity index is 747. The molecular formula is C20H29N5O3. The maximum atomic E-state index is 12.8. The highest BCUT2D eigenvalue weighted by molar-refractivity contribution is 6.04. The molecule has 0 spiro atoms. The third-order valence-corrected chi connectivity index (χ3v) is 5.83. The summed E-state index contributed by atoms with van der Waals surface area (Å²) in [6.45, 7) is 6.70. The van der Waals surface area contributed by atoms with Gasteiger partial charge < -0.3 is 15.5 Å². The first-order valence-electron chi connectivity index (χ1n) is 9.87. The van der Waals surface area contributed by atoms with Crippen molar-refractivity contribution < 1.29 is 14.4 Å². The second kappa shape index (κ2) is 8.18. The lowest BCUT2D eigenvalue weighted by atomic mass is 10.1. The Kier molecular flexibility index (Phi) is 5.88. The number of rotatable bonds is 7. The Morgan fingerprint density at radius 2 is 1.82 bits per heavy atom. The number of urea groups is 1. The van der Waals surface area contributed by atoms with Crippen molar-refractivity contribution in [3.05, 3.63) is 24.3 Å². The average molecular weight is 387 g/mol. The molecule has 2 aliphatic heterocycles. The molecule has 152 valence electrons. The van der Waals surface area contributed by atoms with Gasteiger partial charge in [-0.1, -0.05) is 13.8 Å². The number of hydrogen-bond donors (Lipinski definition) is 1. The van der Waals surface area contributed by atoms with Crippen LogP contribution >= 0.6 is 0 Å². The van der Waals surface area contributed by atoms with Gasteiger partial charge in [-0.25, -0.2) is 4.79 Å². The molecule has 1 unspecified atom stereocenters. The molecule has 0 saturated carbocycles. The van der Waals surface area contributed by atoms with Crippen LogP contribution in [-0.2, 0) is 9.59 Å². The molecule has 0 radical (unpaired) electrons. The van der Waals surface area contributed by atoms with Gasteiger partial charge in [0.1, 0.15) is 6.04 Å². The number of anilines is 2. The molecule has 1 aromatic rings. The number of hydrogen-bond acceptors (Lipinski definition) is 4. The molecule has 2 N–H and O–H groups in total. The van der Waals surface area contributed by atoms with Crippen molar-refractivity contribution in [3.63, 3.8) is 0 Å². The third-order valence-electron chi connectivity index (χ3n) is 5.83. The number of primary amides is 1. The van der Waals surface area contributed by atoms with Crippen LogP contribution in [0.4, 0.5) is 16.2 Å². The molecule has 4 amide bonds. The SMILES string of the molecule is CCN(CC)CC(=O)N(C)c1ccc(N2C(=O)N3CCC[C@@H]3C2C(N)=O)cc1. The maximum Gasteiger partial charge on any atom is 0.325 e. The largest absolute Gasteiger partial charge is 0.368 e. The van der Waals surface area contributed by atoms with Gasteiger partial charge in [0.05, 0.1) is 12.6 Å². The highest BCUT2D eigenvalue weighted by Crippen LogP contribution is 2.35. The van der Waals surface area contributed by atoms with E-state index in [2.05, 4.69) is 4.90 Å². The summed E-state index contributed by atoms with van der Waals surface area (Å²) >= 11 is 0. The van der Waals surface area contributed by atoms with E-state index in [9.17, 15) is 14.4 Å². The summed E-state index contributed by atoms with van der Waals surface area (Å²) < 4.78 is 0. The zero-order chi connectivity index (χ0) is 20.4. The van der Waals surface area contributed by atoms with Crippen LogP contribution in [0, 0.1) is 0 Å². The number of nitrogens with two attached hydrogens (primary N) is 1. The third kappa shape index (κ3) is 3.56. The van der Waals surface area contributed by atoms with Crippen molar-refractivity contribution in [2.75, 3.05) is 43.0 Å². The molecule has 3 rings (SSSR count). The predicted octanol–water partition coefficient (Wildman–Crippen LogP) is 1.25.